The zero-order valence-corrected chi connectivity index (χ0v) is 25.7. The van der Waals surface area contributed by atoms with Crippen molar-refractivity contribution in [3.05, 3.63) is 82.3 Å². The van der Waals surface area contributed by atoms with Gasteiger partial charge in [0, 0.05) is 55.6 Å². The monoisotopic (exact) mass is 630 g/mol. The number of rotatable bonds is 9. The Morgan fingerprint density at radius 1 is 1.07 bits per heavy atom. The Bertz CT molecular complexity index is 1610. The first kappa shape index (κ1) is 29.6. The average molecular weight is 631 g/mol. The lowest BCUT2D eigenvalue weighted by atomic mass is 9.82. The smallest absolute Gasteiger partial charge is 0.335 e. The van der Waals surface area contributed by atoms with Crippen molar-refractivity contribution in [2.75, 3.05) is 62.8 Å². The fourth-order valence-electron chi connectivity index (χ4n) is 7.36. The van der Waals surface area contributed by atoms with Gasteiger partial charge in [-0.2, -0.15) is 0 Å². The molecule has 10 nitrogen and oxygen atoms in total. The molecule has 8 rings (SSSR count). The number of nitrogens with one attached hydrogen (secondary N) is 1. The van der Waals surface area contributed by atoms with Gasteiger partial charge in [-0.1, -0.05) is 12.1 Å². The fraction of sp³-hybridized carbons (Fsp3) is 0.486. The van der Waals surface area contributed by atoms with Gasteiger partial charge in [-0.3, -0.25) is 4.90 Å². The third-order valence-electron chi connectivity index (χ3n) is 10.2. The lowest BCUT2D eigenvalue weighted by Crippen LogP contribution is -2.52. The molecule has 242 valence electrons. The molecule has 0 radical (unpaired) electrons. The van der Waals surface area contributed by atoms with Crippen molar-refractivity contribution in [3.8, 4) is 5.88 Å². The van der Waals surface area contributed by atoms with Crippen LogP contribution >= 0.6 is 0 Å². The predicted molar refractivity (Wildman–Crippen MR) is 168 cm³/mol. The normalized spacial score (nSPS) is 25.7. The van der Waals surface area contributed by atoms with E-state index in [2.05, 4.69) is 15.1 Å². The summed E-state index contributed by atoms with van der Waals surface area (Å²) in [6.45, 7) is 6.62. The van der Waals surface area contributed by atoms with Gasteiger partial charge in [-0.15, -0.1) is 0 Å². The van der Waals surface area contributed by atoms with Crippen LogP contribution in [0.25, 0.3) is 0 Å². The largest absolute Gasteiger partial charge is 0.478 e. The van der Waals surface area contributed by atoms with Gasteiger partial charge in [-0.25, -0.2) is 14.2 Å². The zero-order chi connectivity index (χ0) is 31.2. The van der Waals surface area contributed by atoms with Crippen molar-refractivity contribution in [2.24, 2.45) is 5.92 Å². The summed E-state index contributed by atoms with van der Waals surface area (Å²) in [5.74, 6) is 0.0929. The lowest BCUT2D eigenvalue weighted by Gasteiger charge is -2.41. The van der Waals surface area contributed by atoms with Gasteiger partial charge in [0.25, 0.3) is 0 Å². The van der Waals surface area contributed by atoms with E-state index in [1.54, 1.807) is 24.3 Å². The van der Waals surface area contributed by atoms with Gasteiger partial charge < -0.3 is 34.3 Å². The second kappa shape index (κ2) is 12.4. The number of nitrogens with zero attached hydrogens (tertiary/aromatic N) is 3. The number of halogens is 1. The van der Waals surface area contributed by atoms with Crippen molar-refractivity contribution < 1.29 is 33.2 Å². The van der Waals surface area contributed by atoms with Gasteiger partial charge in [-0.05, 0) is 60.8 Å². The van der Waals surface area contributed by atoms with Crippen LogP contribution in [0.1, 0.15) is 57.4 Å². The Hall–Kier alpha value is -3.77. The molecule has 0 aliphatic carbocycles. The molecule has 6 heterocycles. The number of carboxylic acids is 1. The van der Waals surface area contributed by atoms with Crippen LogP contribution < -0.4 is 15.0 Å². The number of hydrogen-bond donors (Lipinski definition) is 2. The van der Waals surface area contributed by atoms with Gasteiger partial charge in [0.05, 0.1) is 55.2 Å². The molecule has 5 aliphatic heterocycles. The zero-order valence-electron chi connectivity index (χ0n) is 25.7. The van der Waals surface area contributed by atoms with Crippen molar-refractivity contribution in [2.45, 2.75) is 50.2 Å². The van der Waals surface area contributed by atoms with Gasteiger partial charge >= 0.3 is 5.97 Å². The van der Waals surface area contributed by atoms with Gasteiger partial charge in [0.2, 0.25) is 5.88 Å². The summed E-state index contributed by atoms with van der Waals surface area (Å²) in [4.78, 5) is 21.4. The molecule has 4 atom stereocenters. The first-order valence-corrected chi connectivity index (χ1v) is 16.3. The SMILES string of the molecule is O=C(O)c1ccc2c(c1)N(CC1CCO1)C(CN1CCC3c4nc(OCc5ccc(C6COC6)cc5F)ccc4COCC3C1)N2. The Morgan fingerprint density at radius 2 is 1.96 bits per heavy atom. The molecule has 4 unspecified atom stereocenters. The molecule has 0 bridgehead atoms. The molecule has 2 aromatic carbocycles. The molecule has 1 aromatic heterocycles. The lowest BCUT2D eigenvalue weighted by molar-refractivity contribution is -0.0453. The Labute approximate surface area is 267 Å². The summed E-state index contributed by atoms with van der Waals surface area (Å²) in [5, 5.41) is 13.2. The molecule has 2 N–H and O–H groups in total. The highest BCUT2D eigenvalue weighted by atomic mass is 19.1. The molecule has 3 saturated heterocycles. The number of fused-ring (bicyclic) bond motifs is 4. The quantitative estimate of drug-likeness (QED) is 0.349. The highest BCUT2D eigenvalue weighted by Crippen LogP contribution is 2.40. The number of carbonyl (C=O) groups is 1. The first-order valence-electron chi connectivity index (χ1n) is 16.3. The van der Waals surface area contributed by atoms with Crippen molar-refractivity contribution >= 4 is 17.3 Å². The number of ether oxygens (including phenoxy) is 4. The first-order chi connectivity index (χ1) is 22.5. The number of piperidine rings is 1. The molecular weight excluding hydrogens is 591 g/mol. The summed E-state index contributed by atoms with van der Waals surface area (Å²) in [5.41, 5.74) is 5.74. The second-order valence-corrected chi connectivity index (χ2v) is 13.1. The van der Waals surface area contributed by atoms with Crippen LogP contribution in [0.2, 0.25) is 0 Å². The molecule has 0 spiro atoms. The summed E-state index contributed by atoms with van der Waals surface area (Å²) in [6.07, 6.45) is 2.11. The minimum Gasteiger partial charge on any atom is -0.478 e. The van der Waals surface area contributed by atoms with Crippen LogP contribution in [-0.4, -0.2) is 85.8 Å². The number of pyridine rings is 1. The van der Waals surface area contributed by atoms with E-state index < -0.39 is 5.97 Å². The molecular formula is C35H39FN4O6. The molecule has 3 fully saturated rings. The van der Waals surface area contributed by atoms with Crippen LogP contribution in [-0.2, 0) is 27.4 Å². The Morgan fingerprint density at radius 3 is 2.72 bits per heavy atom. The summed E-state index contributed by atoms with van der Waals surface area (Å²) < 4.78 is 38.0. The third-order valence-corrected chi connectivity index (χ3v) is 10.2. The van der Waals surface area contributed by atoms with Crippen LogP contribution in [0.15, 0.2) is 48.5 Å². The number of benzene rings is 2. The molecule has 0 amide bonds. The number of carboxylic acid groups (broad SMARTS) is 1. The highest BCUT2D eigenvalue weighted by Gasteiger charge is 2.39. The van der Waals surface area contributed by atoms with E-state index in [1.807, 2.05) is 24.3 Å². The number of likely N-dealkylation sites (tertiary alicyclic amines) is 1. The number of hydrogen-bond acceptors (Lipinski definition) is 9. The molecule has 11 heteroatoms. The van der Waals surface area contributed by atoms with E-state index >= 15 is 0 Å². The number of aromatic carboxylic acids is 1. The van der Waals surface area contributed by atoms with E-state index in [-0.39, 0.29) is 48.0 Å². The fourth-order valence-corrected chi connectivity index (χ4v) is 7.36. The summed E-state index contributed by atoms with van der Waals surface area (Å²) in [6, 6.07) is 14.5. The third kappa shape index (κ3) is 5.81. The van der Waals surface area contributed by atoms with Crippen LogP contribution in [0.4, 0.5) is 15.8 Å². The minimum atomic E-state index is -0.926. The second-order valence-electron chi connectivity index (χ2n) is 13.1. The summed E-state index contributed by atoms with van der Waals surface area (Å²) in [7, 11) is 0. The van der Waals surface area contributed by atoms with Crippen LogP contribution in [0.5, 0.6) is 5.88 Å². The van der Waals surface area contributed by atoms with Crippen molar-refractivity contribution in [1.82, 2.24) is 9.88 Å². The summed E-state index contributed by atoms with van der Waals surface area (Å²) >= 11 is 0. The van der Waals surface area contributed by atoms with Crippen molar-refractivity contribution in [3.63, 3.8) is 0 Å². The van der Waals surface area contributed by atoms with E-state index in [0.717, 1.165) is 73.8 Å². The number of anilines is 2. The molecule has 46 heavy (non-hydrogen) atoms. The Kier molecular flexibility index (Phi) is 8.01. The highest BCUT2D eigenvalue weighted by molar-refractivity contribution is 5.92. The minimum absolute atomic E-state index is 0.00780. The van der Waals surface area contributed by atoms with Crippen molar-refractivity contribution in [1.29, 1.82) is 0 Å². The Balaban J connectivity index is 0.939. The molecule has 5 aliphatic rings. The predicted octanol–water partition coefficient (Wildman–Crippen LogP) is 4.59. The van der Waals surface area contributed by atoms with Crippen LogP contribution in [0, 0.1) is 11.7 Å². The van der Waals surface area contributed by atoms with Gasteiger partial charge in [0.15, 0.2) is 0 Å². The van der Waals surface area contributed by atoms with E-state index in [9.17, 15) is 14.3 Å². The van der Waals surface area contributed by atoms with Crippen LogP contribution in [0.3, 0.4) is 0 Å². The van der Waals surface area contributed by atoms with Gasteiger partial charge in [0.1, 0.15) is 18.6 Å². The molecule has 3 aromatic rings. The van der Waals surface area contributed by atoms with E-state index in [1.165, 1.54) is 0 Å². The molecule has 0 saturated carbocycles. The maximum absolute atomic E-state index is 14.8. The number of aromatic nitrogens is 1. The topological polar surface area (TPSA) is 106 Å². The standard InChI is InChI=1S/C35H39FN4O6/c36-29-11-21(26-18-44-19-26)1-2-23(29)20-46-33-6-4-24-16-43-17-25-13-39(9-7-28(25)34(24)38-33)15-32-37-30-5-3-22(35(41)42)12-31(30)40(32)14-27-8-10-45-27/h1-6,11-12,25-28,32,37H,7-10,13-20H2,(H,41,42). The van der Waals surface area contributed by atoms with E-state index in [4.69, 9.17) is 23.9 Å². The maximum atomic E-state index is 14.8. The average Bonchev–Trinajstić information content (AvgIpc) is 3.22. The van der Waals surface area contributed by atoms with E-state index in [0.29, 0.717) is 37.9 Å². The maximum Gasteiger partial charge on any atom is 0.335 e.